The Morgan fingerprint density at radius 1 is 1.36 bits per heavy atom. The predicted octanol–water partition coefficient (Wildman–Crippen LogP) is 3.52. The van der Waals surface area contributed by atoms with E-state index in [2.05, 4.69) is 15.3 Å². The first-order valence-corrected chi connectivity index (χ1v) is 7.44. The molecule has 0 aliphatic heterocycles. The molecule has 1 heterocycles. The molecule has 116 valence electrons. The summed E-state index contributed by atoms with van der Waals surface area (Å²) >= 11 is 12.2. The molecule has 1 atom stereocenters. The summed E-state index contributed by atoms with van der Waals surface area (Å²) in [4.78, 5) is 8.22. The van der Waals surface area contributed by atoms with E-state index < -0.39 is 0 Å². The van der Waals surface area contributed by atoms with E-state index in [4.69, 9.17) is 28.6 Å². The van der Waals surface area contributed by atoms with E-state index in [9.17, 15) is 5.11 Å². The van der Waals surface area contributed by atoms with Gasteiger partial charge in [0.15, 0.2) is 0 Å². The Morgan fingerprint density at radius 3 is 2.73 bits per heavy atom. The summed E-state index contributed by atoms with van der Waals surface area (Å²) in [6.45, 7) is 1.97. The molecule has 0 aliphatic carbocycles. The van der Waals surface area contributed by atoms with Crippen LogP contribution < -0.4 is 5.32 Å². The number of nitrogens with zero attached hydrogens (tertiary/aromatic N) is 2. The number of halogens is 2. The maximum Gasteiger partial charge on any atom is 0.126 e. The molecule has 0 fully saturated rings. The zero-order valence-electron chi connectivity index (χ0n) is 12.2. The van der Waals surface area contributed by atoms with Crippen LogP contribution in [0.3, 0.4) is 0 Å². The van der Waals surface area contributed by atoms with Gasteiger partial charge in [0.1, 0.15) is 17.8 Å². The Bertz CT molecular complexity index is 706. The smallest absolute Gasteiger partial charge is 0.126 e. The topological polar surface area (TPSA) is 81.9 Å². The number of hydrogen-bond acceptors (Lipinski definition) is 5. The summed E-state index contributed by atoms with van der Waals surface area (Å²) < 4.78 is 0. The molecule has 1 aromatic heterocycles. The van der Waals surface area contributed by atoms with Gasteiger partial charge in [0.2, 0.25) is 0 Å². The van der Waals surface area contributed by atoms with Crippen molar-refractivity contribution in [2.75, 3.05) is 7.05 Å². The highest BCUT2D eigenvalue weighted by Crippen LogP contribution is 2.35. The monoisotopic (exact) mass is 338 g/mol. The van der Waals surface area contributed by atoms with Gasteiger partial charge in [-0.25, -0.2) is 9.97 Å². The molecule has 0 aliphatic rings. The second-order valence-electron chi connectivity index (χ2n) is 4.92. The summed E-state index contributed by atoms with van der Waals surface area (Å²) in [6, 6.07) is 4.83. The molecule has 7 heteroatoms. The Morgan fingerprint density at radius 2 is 2.09 bits per heavy atom. The molecule has 0 spiro atoms. The first kappa shape index (κ1) is 16.7. The number of phenolic OH excluding ortho intramolecular Hbond substituents is 1. The van der Waals surface area contributed by atoms with E-state index in [0.29, 0.717) is 34.1 Å². The van der Waals surface area contributed by atoms with Crippen LogP contribution >= 0.6 is 23.2 Å². The molecule has 2 rings (SSSR count). The Labute approximate surface area is 138 Å². The minimum absolute atomic E-state index is 0.0193. The van der Waals surface area contributed by atoms with Gasteiger partial charge in [-0.1, -0.05) is 23.2 Å². The Balaban J connectivity index is 2.43. The van der Waals surface area contributed by atoms with Crippen molar-refractivity contribution >= 4 is 28.9 Å². The number of benzene rings is 1. The largest absolute Gasteiger partial charge is 0.507 e. The summed E-state index contributed by atoms with van der Waals surface area (Å²) in [5.41, 5.74) is 1.50. The summed E-state index contributed by atoms with van der Waals surface area (Å²) in [5.74, 6) is -0.0193. The van der Waals surface area contributed by atoms with Crippen molar-refractivity contribution in [3.8, 4) is 17.0 Å². The molecule has 0 saturated heterocycles. The van der Waals surface area contributed by atoms with E-state index in [1.807, 2.05) is 14.0 Å². The van der Waals surface area contributed by atoms with Gasteiger partial charge in [-0.15, -0.1) is 0 Å². The van der Waals surface area contributed by atoms with E-state index >= 15 is 0 Å². The van der Waals surface area contributed by atoms with Crippen LogP contribution in [0.1, 0.15) is 19.0 Å². The van der Waals surface area contributed by atoms with Crippen LogP contribution in [0.25, 0.3) is 11.3 Å². The highest BCUT2D eigenvalue weighted by atomic mass is 35.5. The molecule has 22 heavy (non-hydrogen) atoms. The van der Waals surface area contributed by atoms with Gasteiger partial charge < -0.3 is 15.8 Å². The normalized spacial score (nSPS) is 12.2. The van der Waals surface area contributed by atoms with Crippen molar-refractivity contribution in [2.24, 2.45) is 0 Å². The number of nitrogens with one attached hydrogen (secondary N) is 2. The van der Waals surface area contributed by atoms with Gasteiger partial charge in [0.25, 0.3) is 0 Å². The van der Waals surface area contributed by atoms with Gasteiger partial charge in [-0.05, 0) is 32.2 Å². The van der Waals surface area contributed by atoms with Gasteiger partial charge in [-0.2, -0.15) is 0 Å². The zero-order chi connectivity index (χ0) is 16.3. The Hall–Kier alpha value is -1.69. The van der Waals surface area contributed by atoms with E-state index in [1.54, 1.807) is 12.1 Å². The van der Waals surface area contributed by atoms with Crippen LogP contribution in [0, 0.1) is 5.41 Å². The van der Waals surface area contributed by atoms with Crippen LogP contribution in [-0.2, 0) is 0 Å². The van der Waals surface area contributed by atoms with Crippen LogP contribution in [0.4, 0.5) is 0 Å². The van der Waals surface area contributed by atoms with Crippen molar-refractivity contribution < 1.29 is 5.11 Å². The Kier molecular flexibility index (Phi) is 5.34. The highest BCUT2D eigenvalue weighted by Gasteiger charge is 2.18. The molecular formula is C15H16Cl2N4O. The van der Waals surface area contributed by atoms with Crippen molar-refractivity contribution in [2.45, 2.75) is 19.4 Å². The van der Waals surface area contributed by atoms with E-state index in [0.717, 1.165) is 0 Å². The number of hydrogen-bond donors (Lipinski definition) is 3. The third-order valence-electron chi connectivity index (χ3n) is 3.29. The number of rotatable bonds is 5. The lowest BCUT2D eigenvalue weighted by Gasteiger charge is -2.13. The third kappa shape index (κ3) is 3.55. The van der Waals surface area contributed by atoms with Gasteiger partial charge in [0.05, 0.1) is 16.4 Å². The fraction of sp³-hybridized carbons (Fsp3) is 0.267. The van der Waals surface area contributed by atoms with Crippen LogP contribution in [-0.4, -0.2) is 33.9 Å². The maximum absolute atomic E-state index is 10.0. The predicted molar refractivity (Wildman–Crippen MR) is 89.1 cm³/mol. The summed E-state index contributed by atoms with van der Waals surface area (Å²) in [5, 5.41) is 21.9. The summed E-state index contributed by atoms with van der Waals surface area (Å²) in [7, 11) is 1.83. The van der Waals surface area contributed by atoms with Gasteiger partial charge in [0, 0.05) is 23.0 Å². The van der Waals surface area contributed by atoms with Gasteiger partial charge in [-0.3, -0.25) is 0 Å². The first-order valence-electron chi connectivity index (χ1n) is 6.68. The minimum atomic E-state index is -0.0193. The molecule has 2 aromatic rings. The molecule has 0 radical (unpaired) electrons. The van der Waals surface area contributed by atoms with Crippen molar-refractivity contribution in [1.82, 2.24) is 15.3 Å². The lowest BCUT2D eigenvalue weighted by molar-refractivity contribution is 0.477. The molecular weight excluding hydrogens is 323 g/mol. The molecule has 0 amide bonds. The lowest BCUT2D eigenvalue weighted by atomic mass is 10.1. The van der Waals surface area contributed by atoms with Crippen molar-refractivity contribution in [3.05, 3.63) is 40.3 Å². The third-order valence-corrected chi connectivity index (χ3v) is 3.89. The fourth-order valence-electron chi connectivity index (χ4n) is 1.98. The van der Waals surface area contributed by atoms with E-state index in [-0.39, 0.29) is 16.8 Å². The molecule has 3 N–H and O–H groups in total. The SMILES string of the molecule is CN[C@H](C)CC(=N)c1ncnc(-c2ccc(Cl)cc2O)c1Cl. The number of phenols is 1. The standard InChI is InChI=1S/C15H16Cl2N4O/c1-8(19-2)5-11(18)15-13(17)14(20-7-21-15)10-4-3-9(16)6-12(10)22/h3-4,6-8,18-19,22H,5H2,1-2H3/t8-/m1/s1. The average molecular weight is 339 g/mol. The average Bonchev–Trinajstić information content (AvgIpc) is 2.48. The maximum atomic E-state index is 10.0. The quantitative estimate of drug-likeness (QED) is 0.728. The molecule has 5 nitrogen and oxygen atoms in total. The summed E-state index contributed by atoms with van der Waals surface area (Å²) in [6.07, 6.45) is 1.82. The van der Waals surface area contributed by atoms with Crippen molar-refractivity contribution in [3.63, 3.8) is 0 Å². The molecule has 0 saturated carbocycles. The fourth-order valence-corrected chi connectivity index (χ4v) is 2.46. The number of aromatic nitrogens is 2. The lowest BCUT2D eigenvalue weighted by Crippen LogP contribution is -2.25. The second-order valence-corrected chi connectivity index (χ2v) is 5.73. The molecule has 0 unspecified atom stereocenters. The van der Waals surface area contributed by atoms with Crippen LogP contribution in [0.5, 0.6) is 5.75 Å². The second kappa shape index (κ2) is 7.05. The highest BCUT2D eigenvalue weighted by molar-refractivity contribution is 6.36. The first-order chi connectivity index (χ1) is 10.4. The molecule has 0 bridgehead atoms. The van der Waals surface area contributed by atoms with E-state index in [1.165, 1.54) is 12.4 Å². The van der Waals surface area contributed by atoms with Crippen LogP contribution in [0.2, 0.25) is 10.0 Å². The van der Waals surface area contributed by atoms with Gasteiger partial charge >= 0.3 is 0 Å². The molecule has 1 aromatic carbocycles. The zero-order valence-corrected chi connectivity index (χ0v) is 13.7. The van der Waals surface area contributed by atoms with Crippen LogP contribution in [0.15, 0.2) is 24.5 Å². The number of aromatic hydroxyl groups is 1. The minimum Gasteiger partial charge on any atom is -0.507 e. The van der Waals surface area contributed by atoms with Crippen molar-refractivity contribution in [1.29, 1.82) is 5.41 Å².